The summed E-state index contributed by atoms with van der Waals surface area (Å²) in [6, 6.07) is 8.43. The number of hydrogen-bond donors (Lipinski definition) is 0. The molecule has 2 aromatic rings. The minimum absolute atomic E-state index is 0.279. The van der Waals surface area contributed by atoms with E-state index < -0.39 is 0 Å². The zero-order chi connectivity index (χ0) is 15.4. The molecular weight excluding hydrogens is 294 g/mol. The predicted molar refractivity (Wildman–Crippen MR) is 88.7 cm³/mol. The summed E-state index contributed by atoms with van der Waals surface area (Å²) in [6.07, 6.45) is 6.40. The first kappa shape index (κ1) is 15.2. The van der Waals surface area contributed by atoms with Gasteiger partial charge in [-0.3, -0.25) is 9.48 Å². The lowest BCUT2D eigenvalue weighted by atomic mass is 10.00. The molecule has 0 fully saturated rings. The van der Waals surface area contributed by atoms with Crippen molar-refractivity contribution < 1.29 is 4.79 Å². The minimum Gasteiger partial charge on any atom is -0.338 e. The lowest BCUT2D eigenvalue weighted by Crippen LogP contribution is -2.35. The number of amides is 1. The Morgan fingerprint density at radius 1 is 1.32 bits per heavy atom. The van der Waals surface area contributed by atoms with Crippen molar-refractivity contribution in [1.29, 1.82) is 0 Å². The molecule has 0 spiro atoms. The van der Waals surface area contributed by atoms with Crippen LogP contribution in [0.3, 0.4) is 0 Å². The van der Waals surface area contributed by atoms with Gasteiger partial charge >= 0.3 is 0 Å². The largest absolute Gasteiger partial charge is 0.338 e. The third kappa shape index (κ3) is 3.71. The quantitative estimate of drug-likeness (QED) is 0.629. The van der Waals surface area contributed by atoms with Crippen molar-refractivity contribution in [1.82, 2.24) is 14.7 Å². The number of aryl methyl sites for hydroxylation is 1. The molecule has 0 bridgehead atoms. The van der Waals surface area contributed by atoms with Gasteiger partial charge in [0.2, 0.25) is 5.91 Å². The summed E-state index contributed by atoms with van der Waals surface area (Å²) in [5.74, 6) is 1.24. The highest BCUT2D eigenvalue weighted by Gasteiger charge is 2.19. The van der Waals surface area contributed by atoms with E-state index in [9.17, 15) is 4.79 Å². The van der Waals surface area contributed by atoms with E-state index in [1.807, 2.05) is 24.3 Å². The SMILES string of the molecule is Cn1cc(SCCCC(=O)N2CCc3ccccc3C2)cn1. The molecule has 3 rings (SSSR count). The molecule has 1 amide bonds. The third-order valence-electron chi connectivity index (χ3n) is 3.97. The van der Waals surface area contributed by atoms with Gasteiger partial charge in [-0.25, -0.2) is 0 Å². The van der Waals surface area contributed by atoms with Gasteiger partial charge in [-0.15, -0.1) is 11.8 Å². The topological polar surface area (TPSA) is 38.1 Å². The van der Waals surface area contributed by atoms with Gasteiger partial charge in [0.25, 0.3) is 0 Å². The number of nitrogens with zero attached hydrogens (tertiary/aromatic N) is 3. The molecule has 116 valence electrons. The number of benzene rings is 1. The van der Waals surface area contributed by atoms with E-state index >= 15 is 0 Å². The van der Waals surface area contributed by atoms with E-state index in [4.69, 9.17) is 0 Å². The Morgan fingerprint density at radius 2 is 2.14 bits per heavy atom. The van der Waals surface area contributed by atoms with Crippen molar-refractivity contribution in [3.05, 3.63) is 47.8 Å². The number of hydrogen-bond acceptors (Lipinski definition) is 3. The van der Waals surface area contributed by atoms with Crippen LogP contribution >= 0.6 is 11.8 Å². The van der Waals surface area contributed by atoms with Gasteiger partial charge in [0.15, 0.2) is 0 Å². The normalized spacial score (nSPS) is 14.0. The van der Waals surface area contributed by atoms with E-state index in [-0.39, 0.29) is 5.91 Å². The van der Waals surface area contributed by atoms with Crippen molar-refractivity contribution in [2.75, 3.05) is 12.3 Å². The Bertz CT molecular complexity index is 653. The summed E-state index contributed by atoms with van der Waals surface area (Å²) >= 11 is 1.76. The summed E-state index contributed by atoms with van der Waals surface area (Å²) in [5.41, 5.74) is 2.69. The average molecular weight is 315 g/mol. The van der Waals surface area contributed by atoms with Crippen LogP contribution in [0, 0.1) is 0 Å². The second kappa shape index (κ2) is 7.01. The van der Waals surface area contributed by atoms with Gasteiger partial charge in [0, 0.05) is 37.7 Å². The molecule has 0 aliphatic carbocycles. The monoisotopic (exact) mass is 315 g/mol. The fraction of sp³-hybridized carbons (Fsp3) is 0.412. The minimum atomic E-state index is 0.279. The molecular formula is C17H21N3OS. The van der Waals surface area contributed by atoms with Crippen LogP contribution in [0.4, 0.5) is 0 Å². The Labute approximate surface area is 135 Å². The molecule has 0 unspecified atom stereocenters. The van der Waals surface area contributed by atoms with Crippen LogP contribution in [0.25, 0.3) is 0 Å². The van der Waals surface area contributed by atoms with Crippen molar-refractivity contribution in [3.8, 4) is 0 Å². The zero-order valence-electron chi connectivity index (χ0n) is 12.9. The fourth-order valence-corrected chi connectivity index (χ4v) is 3.63. The molecule has 0 atom stereocenters. The van der Waals surface area contributed by atoms with Gasteiger partial charge in [-0.05, 0) is 29.7 Å². The molecule has 0 radical (unpaired) electrons. The molecule has 0 N–H and O–H groups in total. The molecule has 1 aromatic heterocycles. The van der Waals surface area contributed by atoms with Crippen molar-refractivity contribution in [2.24, 2.45) is 7.05 Å². The molecule has 0 saturated heterocycles. The molecule has 1 aliphatic rings. The highest BCUT2D eigenvalue weighted by atomic mass is 32.2. The van der Waals surface area contributed by atoms with E-state index in [0.717, 1.165) is 31.7 Å². The lowest BCUT2D eigenvalue weighted by Gasteiger charge is -2.29. The number of aromatic nitrogens is 2. The van der Waals surface area contributed by atoms with Crippen LogP contribution in [0.15, 0.2) is 41.6 Å². The average Bonchev–Trinajstić information content (AvgIpc) is 2.96. The van der Waals surface area contributed by atoms with Gasteiger partial charge < -0.3 is 4.90 Å². The van der Waals surface area contributed by atoms with Crippen LogP contribution in [0.2, 0.25) is 0 Å². The van der Waals surface area contributed by atoms with Crippen LogP contribution in [-0.4, -0.2) is 32.9 Å². The number of fused-ring (bicyclic) bond motifs is 1. The highest BCUT2D eigenvalue weighted by molar-refractivity contribution is 7.99. The van der Waals surface area contributed by atoms with Crippen molar-refractivity contribution >= 4 is 17.7 Å². The molecule has 2 heterocycles. The first-order valence-electron chi connectivity index (χ1n) is 7.68. The van der Waals surface area contributed by atoms with E-state index in [1.54, 1.807) is 16.4 Å². The number of thioether (sulfide) groups is 1. The van der Waals surface area contributed by atoms with E-state index in [2.05, 4.69) is 29.4 Å². The number of carbonyl (C=O) groups is 1. The second-order valence-electron chi connectivity index (χ2n) is 5.64. The first-order valence-corrected chi connectivity index (χ1v) is 8.67. The molecule has 4 nitrogen and oxygen atoms in total. The maximum atomic E-state index is 12.3. The van der Waals surface area contributed by atoms with E-state index in [1.165, 1.54) is 16.0 Å². The maximum absolute atomic E-state index is 12.3. The van der Waals surface area contributed by atoms with Crippen molar-refractivity contribution in [2.45, 2.75) is 30.7 Å². The lowest BCUT2D eigenvalue weighted by molar-refractivity contribution is -0.132. The second-order valence-corrected chi connectivity index (χ2v) is 6.80. The first-order chi connectivity index (χ1) is 10.7. The van der Waals surface area contributed by atoms with E-state index in [0.29, 0.717) is 6.42 Å². The Morgan fingerprint density at radius 3 is 2.91 bits per heavy atom. The molecule has 0 saturated carbocycles. The van der Waals surface area contributed by atoms with Gasteiger partial charge in [-0.1, -0.05) is 24.3 Å². The Kier molecular flexibility index (Phi) is 4.83. The number of carbonyl (C=O) groups excluding carboxylic acids is 1. The zero-order valence-corrected chi connectivity index (χ0v) is 13.7. The number of rotatable bonds is 5. The Balaban J connectivity index is 1.43. The smallest absolute Gasteiger partial charge is 0.222 e. The summed E-state index contributed by atoms with van der Waals surface area (Å²) in [7, 11) is 1.92. The summed E-state index contributed by atoms with van der Waals surface area (Å²) < 4.78 is 1.80. The van der Waals surface area contributed by atoms with Gasteiger partial charge in [0.05, 0.1) is 6.20 Å². The van der Waals surface area contributed by atoms with Crippen LogP contribution < -0.4 is 0 Å². The standard InChI is InChI=1S/C17H21N3OS/c1-19-13-16(11-18-19)22-10-4-7-17(21)20-9-8-14-5-2-3-6-15(14)12-20/h2-3,5-6,11,13H,4,7-10,12H2,1H3. The van der Waals surface area contributed by atoms with Crippen LogP contribution in [0.1, 0.15) is 24.0 Å². The summed E-state index contributed by atoms with van der Waals surface area (Å²) in [5, 5.41) is 4.15. The molecule has 5 heteroatoms. The predicted octanol–water partition coefficient (Wildman–Crippen LogP) is 2.88. The fourth-order valence-electron chi connectivity index (χ4n) is 2.75. The van der Waals surface area contributed by atoms with Crippen LogP contribution in [-0.2, 0) is 24.8 Å². The van der Waals surface area contributed by atoms with Gasteiger partial charge in [-0.2, -0.15) is 5.10 Å². The molecule has 1 aromatic carbocycles. The highest BCUT2D eigenvalue weighted by Crippen LogP contribution is 2.21. The summed E-state index contributed by atoms with van der Waals surface area (Å²) in [6.45, 7) is 1.62. The summed E-state index contributed by atoms with van der Waals surface area (Å²) in [4.78, 5) is 15.5. The third-order valence-corrected chi connectivity index (χ3v) is 5.01. The molecule has 1 aliphatic heterocycles. The van der Waals surface area contributed by atoms with Crippen LogP contribution in [0.5, 0.6) is 0 Å². The van der Waals surface area contributed by atoms with Crippen molar-refractivity contribution in [3.63, 3.8) is 0 Å². The van der Waals surface area contributed by atoms with Gasteiger partial charge in [0.1, 0.15) is 0 Å². The Hall–Kier alpha value is -1.75. The molecule has 22 heavy (non-hydrogen) atoms. The maximum Gasteiger partial charge on any atom is 0.222 e.